The molecule has 0 aliphatic heterocycles. The zero-order valence-corrected chi connectivity index (χ0v) is 13.3. The molecular weight excluding hydrogens is 339 g/mol. The largest absolute Gasteiger partial charge is 0.481 e. The predicted octanol–water partition coefficient (Wildman–Crippen LogP) is 2.79. The Morgan fingerprint density at radius 1 is 1.32 bits per heavy atom. The molecule has 0 atom stereocenters. The van der Waals surface area contributed by atoms with Gasteiger partial charge in [-0.25, -0.2) is 4.68 Å². The summed E-state index contributed by atoms with van der Waals surface area (Å²) in [7, 11) is 0. The van der Waals surface area contributed by atoms with Crippen LogP contribution in [-0.2, 0) is 11.0 Å². The summed E-state index contributed by atoms with van der Waals surface area (Å²) in [6.45, 7) is 1.75. The molecule has 0 radical (unpaired) electrons. The second-order valence-electron chi connectivity index (χ2n) is 5.36. The number of nitrogens with one attached hydrogen (secondary N) is 1. The van der Waals surface area contributed by atoms with Gasteiger partial charge in [0.05, 0.1) is 28.7 Å². The molecular formula is C16H16F3N3O3. The Morgan fingerprint density at radius 2 is 2.04 bits per heavy atom. The van der Waals surface area contributed by atoms with E-state index in [2.05, 4.69) is 10.4 Å². The van der Waals surface area contributed by atoms with E-state index < -0.39 is 23.6 Å². The Kier molecular flexibility index (Phi) is 5.45. The van der Waals surface area contributed by atoms with Crippen molar-refractivity contribution in [3.05, 3.63) is 47.3 Å². The first kappa shape index (κ1) is 18.5. The van der Waals surface area contributed by atoms with E-state index >= 15 is 0 Å². The standard InChI is InChI=1S/C16H16F3N3O3/c1-10-13(15(25)20-7-3-6-14(23)24)9-21-22(10)12-5-2-4-11(8-12)16(17,18)19/h2,4-5,8-9H,3,6-7H2,1H3,(H,20,25)(H,23,24). The first-order valence-electron chi connectivity index (χ1n) is 7.42. The minimum absolute atomic E-state index is 0.0667. The molecule has 0 aliphatic rings. The molecule has 0 saturated carbocycles. The topological polar surface area (TPSA) is 84.2 Å². The van der Waals surface area contributed by atoms with E-state index in [1.165, 1.54) is 23.0 Å². The fourth-order valence-corrected chi connectivity index (χ4v) is 2.24. The highest BCUT2D eigenvalue weighted by Crippen LogP contribution is 2.30. The quantitative estimate of drug-likeness (QED) is 0.781. The molecule has 1 aromatic carbocycles. The van der Waals surface area contributed by atoms with Gasteiger partial charge in [0.2, 0.25) is 0 Å². The van der Waals surface area contributed by atoms with Crippen LogP contribution in [0.5, 0.6) is 0 Å². The molecule has 1 amide bonds. The Labute approximate surface area is 141 Å². The number of carboxylic acid groups (broad SMARTS) is 1. The number of amides is 1. The van der Waals surface area contributed by atoms with Crippen LogP contribution in [-0.4, -0.2) is 33.3 Å². The Balaban J connectivity index is 2.16. The van der Waals surface area contributed by atoms with Gasteiger partial charge in [0.25, 0.3) is 5.91 Å². The molecule has 6 nitrogen and oxygen atoms in total. The van der Waals surface area contributed by atoms with Gasteiger partial charge in [-0.1, -0.05) is 6.07 Å². The zero-order valence-electron chi connectivity index (χ0n) is 13.3. The monoisotopic (exact) mass is 355 g/mol. The molecule has 0 aliphatic carbocycles. The first-order chi connectivity index (χ1) is 11.7. The maximum Gasteiger partial charge on any atom is 0.416 e. The van der Waals surface area contributed by atoms with Crippen molar-refractivity contribution in [2.45, 2.75) is 25.9 Å². The SMILES string of the molecule is Cc1c(C(=O)NCCCC(=O)O)cnn1-c1cccc(C(F)(F)F)c1. The van der Waals surface area contributed by atoms with Crippen molar-refractivity contribution >= 4 is 11.9 Å². The van der Waals surface area contributed by atoms with E-state index in [0.29, 0.717) is 5.69 Å². The van der Waals surface area contributed by atoms with Crippen molar-refractivity contribution in [2.24, 2.45) is 0 Å². The lowest BCUT2D eigenvalue weighted by Gasteiger charge is -2.10. The molecule has 0 unspecified atom stereocenters. The summed E-state index contributed by atoms with van der Waals surface area (Å²) in [5, 5.41) is 15.1. The number of hydrogen-bond donors (Lipinski definition) is 2. The average Bonchev–Trinajstić information content (AvgIpc) is 2.92. The summed E-state index contributed by atoms with van der Waals surface area (Å²) < 4.78 is 39.7. The van der Waals surface area contributed by atoms with E-state index in [-0.39, 0.29) is 30.6 Å². The molecule has 2 rings (SSSR count). The van der Waals surface area contributed by atoms with E-state index in [1.807, 2.05) is 0 Å². The number of hydrogen-bond acceptors (Lipinski definition) is 3. The molecule has 134 valence electrons. The van der Waals surface area contributed by atoms with Crippen LogP contribution in [0.2, 0.25) is 0 Å². The van der Waals surface area contributed by atoms with Gasteiger partial charge in [0.15, 0.2) is 0 Å². The third-order valence-corrected chi connectivity index (χ3v) is 3.53. The molecule has 0 bridgehead atoms. The average molecular weight is 355 g/mol. The summed E-state index contributed by atoms with van der Waals surface area (Å²) >= 11 is 0. The lowest BCUT2D eigenvalue weighted by atomic mass is 10.2. The second kappa shape index (κ2) is 7.37. The van der Waals surface area contributed by atoms with Crippen LogP contribution >= 0.6 is 0 Å². The van der Waals surface area contributed by atoms with E-state index in [9.17, 15) is 22.8 Å². The number of halogens is 3. The molecule has 0 saturated heterocycles. The van der Waals surface area contributed by atoms with Crippen LogP contribution in [0, 0.1) is 6.92 Å². The van der Waals surface area contributed by atoms with Gasteiger partial charge in [-0.2, -0.15) is 18.3 Å². The zero-order chi connectivity index (χ0) is 18.6. The summed E-state index contributed by atoms with van der Waals surface area (Å²) in [6.07, 6.45) is -2.99. The summed E-state index contributed by atoms with van der Waals surface area (Å²) in [5.74, 6) is -1.41. The van der Waals surface area contributed by atoms with Crippen molar-refractivity contribution in [1.29, 1.82) is 0 Å². The third kappa shape index (κ3) is 4.59. The molecule has 2 aromatic rings. The lowest BCUT2D eigenvalue weighted by Crippen LogP contribution is -2.25. The summed E-state index contributed by atoms with van der Waals surface area (Å²) in [5.41, 5.74) is -0.0142. The van der Waals surface area contributed by atoms with Gasteiger partial charge < -0.3 is 10.4 Å². The highest BCUT2D eigenvalue weighted by molar-refractivity contribution is 5.95. The van der Waals surface area contributed by atoms with Gasteiger partial charge in [-0.3, -0.25) is 9.59 Å². The van der Waals surface area contributed by atoms with Gasteiger partial charge in [-0.15, -0.1) is 0 Å². The van der Waals surface area contributed by atoms with Gasteiger partial charge >= 0.3 is 12.1 Å². The number of rotatable bonds is 6. The van der Waals surface area contributed by atoms with Gasteiger partial charge in [0, 0.05) is 13.0 Å². The van der Waals surface area contributed by atoms with E-state index in [1.54, 1.807) is 6.92 Å². The van der Waals surface area contributed by atoms with Crippen LogP contribution < -0.4 is 5.32 Å². The Hall–Kier alpha value is -2.84. The number of nitrogens with zero attached hydrogens (tertiary/aromatic N) is 2. The molecule has 0 fully saturated rings. The van der Waals surface area contributed by atoms with Crippen LogP contribution in [0.15, 0.2) is 30.5 Å². The van der Waals surface area contributed by atoms with Crippen molar-refractivity contribution < 1.29 is 27.9 Å². The van der Waals surface area contributed by atoms with E-state index in [4.69, 9.17) is 5.11 Å². The third-order valence-electron chi connectivity index (χ3n) is 3.53. The Morgan fingerprint density at radius 3 is 2.68 bits per heavy atom. The number of carboxylic acids is 1. The molecule has 2 N–H and O–H groups in total. The minimum Gasteiger partial charge on any atom is -0.481 e. The fourth-order valence-electron chi connectivity index (χ4n) is 2.24. The molecule has 1 aromatic heterocycles. The highest BCUT2D eigenvalue weighted by Gasteiger charge is 2.30. The number of aromatic nitrogens is 2. The van der Waals surface area contributed by atoms with Crippen molar-refractivity contribution in [3.8, 4) is 5.69 Å². The first-order valence-corrected chi connectivity index (χ1v) is 7.42. The molecule has 9 heteroatoms. The number of aliphatic carboxylic acids is 1. The number of alkyl halides is 3. The van der Waals surface area contributed by atoms with Crippen molar-refractivity contribution in [1.82, 2.24) is 15.1 Å². The van der Waals surface area contributed by atoms with Crippen molar-refractivity contribution in [2.75, 3.05) is 6.54 Å². The van der Waals surface area contributed by atoms with Gasteiger partial charge in [-0.05, 0) is 31.5 Å². The van der Waals surface area contributed by atoms with Crippen molar-refractivity contribution in [3.63, 3.8) is 0 Å². The maximum atomic E-state index is 12.8. The Bertz CT molecular complexity index is 784. The lowest BCUT2D eigenvalue weighted by molar-refractivity contribution is -0.138. The fraction of sp³-hybridized carbons (Fsp3) is 0.312. The predicted molar refractivity (Wildman–Crippen MR) is 82.5 cm³/mol. The van der Waals surface area contributed by atoms with Crippen LogP contribution in [0.4, 0.5) is 13.2 Å². The van der Waals surface area contributed by atoms with E-state index in [0.717, 1.165) is 12.1 Å². The second-order valence-corrected chi connectivity index (χ2v) is 5.36. The number of carbonyl (C=O) groups is 2. The molecule has 0 spiro atoms. The minimum atomic E-state index is -4.47. The normalized spacial score (nSPS) is 11.4. The highest BCUT2D eigenvalue weighted by atomic mass is 19.4. The number of benzene rings is 1. The van der Waals surface area contributed by atoms with Gasteiger partial charge in [0.1, 0.15) is 0 Å². The van der Waals surface area contributed by atoms with Crippen LogP contribution in [0.25, 0.3) is 5.69 Å². The smallest absolute Gasteiger partial charge is 0.416 e. The molecule has 25 heavy (non-hydrogen) atoms. The maximum absolute atomic E-state index is 12.8. The summed E-state index contributed by atoms with van der Waals surface area (Å²) in [4.78, 5) is 22.5. The molecule has 1 heterocycles. The van der Waals surface area contributed by atoms with Crippen LogP contribution in [0.3, 0.4) is 0 Å². The summed E-state index contributed by atoms with van der Waals surface area (Å²) in [6, 6.07) is 4.64. The van der Waals surface area contributed by atoms with Crippen LogP contribution in [0.1, 0.15) is 34.5 Å². The number of carbonyl (C=O) groups excluding carboxylic acids is 1.